The van der Waals surface area contributed by atoms with Gasteiger partial charge in [0.25, 0.3) is 0 Å². The molecule has 2 aromatic carbocycles. The minimum Gasteiger partial charge on any atom is -0.0955 e. The first-order valence-electron chi connectivity index (χ1n) is 5.75. The van der Waals surface area contributed by atoms with Crippen LogP contribution >= 0.6 is 23.2 Å². The van der Waals surface area contributed by atoms with Crippen LogP contribution in [0.5, 0.6) is 0 Å². The summed E-state index contributed by atoms with van der Waals surface area (Å²) >= 11 is 12.1. The first-order valence-corrected chi connectivity index (χ1v) is 6.50. The van der Waals surface area contributed by atoms with Crippen LogP contribution in [0.1, 0.15) is 23.6 Å². The SMILES string of the molecule is C=C(C)c1cccc(Cc2ccc(Cl)cc2Cl)c1. The van der Waals surface area contributed by atoms with Gasteiger partial charge in [-0.1, -0.05) is 65.7 Å². The van der Waals surface area contributed by atoms with E-state index in [0.717, 1.165) is 23.1 Å². The molecular weight excluding hydrogens is 263 g/mol. The molecule has 0 radical (unpaired) electrons. The van der Waals surface area contributed by atoms with Crippen molar-refractivity contribution in [3.8, 4) is 0 Å². The average molecular weight is 277 g/mol. The fraction of sp³-hybridized carbons (Fsp3) is 0.125. The third kappa shape index (κ3) is 3.16. The van der Waals surface area contributed by atoms with Crippen LogP contribution in [-0.2, 0) is 6.42 Å². The Morgan fingerprint density at radius 3 is 2.56 bits per heavy atom. The highest BCUT2D eigenvalue weighted by molar-refractivity contribution is 6.35. The Labute approximate surface area is 118 Å². The minimum absolute atomic E-state index is 0.666. The molecule has 0 amide bonds. The van der Waals surface area contributed by atoms with Crippen molar-refractivity contribution in [1.82, 2.24) is 0 Å². The summed E-state index contributed by atoms with van der Waals surface area (Å²) in [6, 6.07) is 14.0. The van der Waals surface area contributed by atoms with E-state index in [2.05, 4.69) is 24.8 Å². The average Bonchev–Trinajstić information content (AvgIpc) is 2.33. The Kier molecular flexibility index (Phi) is 4.11. The lowest BCUT2D eigenvalue weighted by Crippen LogP contribution is -1.90. The van der Waals surface area contributed by atoms with Gasteiger partial charge in [0, 0.05) is 10.0 Å². The zero-order valence-corrected chi connectivity index (χ0v) is 11.7. The van der Waals surface area contributed by atoms with Crippen molar-refractivity contribution in [3.05, 3.63) is 75.8 Å². The Morgan fingerprint density at radius 2 is 1.89 bits per heavy atom. The molecule has 0 N–H and O–H groups in total. The zero-order chi connectivity index (χ0) is 13.1. The smallest absolute Gasteiger partial charge is 0.0456 e. The maximum absolute atomic E-state index is 6.18. The van der Waals surface area contributed by atoms with Crippen LogP contribution in [0.4, 0.5) is 0 Å². The number of benzene rings is 2. The monoisotopic (exact) mass is 276 g/mol. The normalized spacial score (nSPS) is 10.4. The standard InChI is InChI=1S/C16H14Cl2/c1-11(2)13-5-3-4-12(8-13)9-14-6-7-15(17)10-16(14)18/h3-8,10H,1,9H2,2H3. The fourth-order valence-corrected chi connectivity index (χ4v) is 2.31. The van der Waals surface area contributed by atoms with Gasteiger partial charge in [-0.15, -0.1) is 0 Å². The molecule has 0 atom stereocenters. The molecule has 0 spiro atoms. The molecule has 0 saturated heterocycles. The molecule has 0 aliphatic heterocycles. The predicted octanol–water partition coefficient (Wildman–Crippen LogP) is 5.62. The second-order valence-corrected chi connectivity index (χ2v) is 5.24. The molecule has 92 valence electrons. The van der Waals surface area contributed by atoms with Crippen molar-refractivity contribution in [1.29, 1.82) is 0 Å². The van der Waals surface area contributed by atoms with Crippen molar-refractivity contribution < 1.29 is 0 Å². The molecule has 0 fully saturated rings. The predicted molar refractivity (Wildman–Crippen MR) is 80.4 cm³/mol. The summed E-state index contributed by atoms with van der Waals surface area (Å²) in [7, 11) is 0. The van der Waals surface area contributed by atoms with Crippen molar-refractivity contribution in [2.45, 2.75) is 13.3 Å². The molecule has 2 heteroatoms. The molecule has 2 rings (SSSR count). The quantitative estimate of drug-likeness (QED) is 0.683. The Morgan fingerprint density at radius 1 is 1.11 bits per heavy atom. The van der Waals surface area contributed by atoms with Gasteiger partial charge in [-0.3, -0.25) is 0 Å². The summed E-state index contributed by atoms with van der Waals surface area (Å²) in [5.74, 6) is 0. The van der Waals surface area contributed by atoms with Crippen molar-refractivity contribution in [3.63, 3.8) is 0 Å². The fourth-order valence-electron chi connectivity index (χ4n) is 1.83. The van der Waals surface area contributed by atoms with E-state index in [1.807, 2.05) is 25.1 Å². The molecular formula is C16H14Cl2. The summed E-state index contributed by atoms with van der Waals surface area (Å²) in [5.41, 5.74) is 4.54. The molecule has 0 nitrogen and oxygen atoms in total. The summed E-state index contributed by atoms with van der Waals surface area (Å²) < 4.78 is 0. The van der Waals surface area contributed by atoms with E-state index in [1.54, 1.807) is 6.07 Å². The zero-order valence-electron chi connectivity index (χ0n) is 10.2. The number of halogens is 2. The van der Waals surface area contributed by atoms with Gasteiger partial charge in [0.2, 0.25) is 0 Å². The Bertz CT molecular complexity index is 585. The van der Waals surface area contributed by atoms with E-state index >= 15 is 0 Å². The molecule has 18 heavy (non-hydrogen) atoms. The third-order valence-corrected chi connectivity index (χ3v) is 3.42. The van der Waals surface area contributed by atoms with Crippen LogP contribution in [0, 0.1) is 0 Å². The van der Waals surface area contributed by atoms with E-state index in [0.29, 0.717) is 10.0 Å². The summed E-state index contributed by atoms with van der Waals surface area (Å²) in [4.78, 5) is 0. The van der Waals surface area contributed by atoms with Gasteiger partial charge in [-0.25, -0.2) is 0 Å². The van der Waals surface area contributed by atoms with E-state index < -0.39 is 0 Å². The minimum atomic E-state index is 0.666. The highest BCUT2D eigenvalue weighted by Crippen LogP contribution is 2.24. The van der Waals surface area contributed by atoms with Crippen molar-refractivity contribution >= 4 is 28.8 Å². The maximum atomic E-state index is 6.18. The first kappa shape index (κ1) is 13.2. The van der Waals surface area contributed by atoms with E-state index in [-0.39, 0.29) is 0 Å². The molecule has 0 unspecified atom stereocenters. The highest BCUT2D eigenvalue weighted by Gasteiger charge is 2.03. The molecule has 0 heterocycles. The first-order chi connectivity index (χ1) is 8.56. The molecule has 2 aromatic rings. The number of allylic oxidation sites excluding steroid dienone is 1. The van der Waals surface area contributed by atoms with Gasteiger partial charge in [0.15, 0.2) is 0 Å². The maximum Gasteiger partial charge on any atom is 0.0456 e. The second kappa shape index (κ2) is 5.60. The van der Waals surface area contributed by atoms with Gasteiger partial charge in [0.05, 0.1) is 0 Å². The lowest BCUT2D eigenvalue weighted by Gasteiger charge is -2.07. The topological polar surface area (TPSA) is 0 Å². The van der Waals surface area contributed by atoms with E-state index in [4.69, 9.17) is 23.2 Å². The second-order valence-electron chi connectivity index (χ2n) is 4.39. The van der Waals surface area contributed by atoms with Gasteiger partial charge < -0.3 is 0 Å². The van der Waals surface area contributed by atoms with Gasteiger partial charge in [0.1, 0.15) is 0 Å². The van der Waals surface area contributed by atoms with Crippen LogP contribution < -0.4 is 0 Å². The summed E-state index contributed by atoms with van der Waals surface area (Å²) in [6.45, 7) is 5.97. The van der Waals surface area contributed by atoms with Crippen molar-refractivity contribution in [2.24, 2.45) is 0 Å². The largest absolute Gasteiger partial charge is 0.0955 e. The van der Waals surface area contributed by atoms with Gasteiger partial charge in [-0.2, -0.15) is 0 Å². The van der Waals surface area contributed by atoms with Crippen LogP contribution in [0.3, 0.4) is 0 Å². The summed E-state index contributed by atoms with van der Waals surface area (Å²) in [5, 5.41) is 1.38. The van der Waals surface area contributed by atoms with Crippen LogP contribution in [0.15, 0.2) is 49.0 Å². The number of rotatable bonds is 3. The van der Waals surface area contributed by atoms with E-state index in [9.17, 15) is 0 Å². The van der Waals surface area contributed by atoms with Crippen LogP contribution in [0.2, 0.25) is 10.0 Å². The third-order valence-electron chi connectivity index (χ3n) is 2.83. The molecule has 0 saturated carbocycles. The Hall–Kier alpha value is -1.24. The summed E-state index contributed by atoms with van der Waals surface area (Å²) in [6.07, 6.45) is 0.803. The molecule has 0 aromatic heterocycles. The Balaban J connectivity index is 2.28. The number of hydrogen-bond acceptors (Lipinski definition) is 0. The van der Waals surface area contributed by atoms with Crippen LogP contribution in [0.25, 0.3) is 5.57 Å². The highest BCUT2D eigenvalue weighted by atomic mass is 35.5. The number of hydrogen-bond donors (Lipinski definition) is 0. The van der Waals surface area contributed by atoms with Crippen molar-refractivity contribution in [2.75, 3.05) is 0 Å². The lowest BCUT2D eigenvalue weighted by molar-refractivity contribution is 1.19. The van der Waals surface area contributed by atoms with E-state index in [1.165, 1.54) is 5.56 Å². The van der Waals surface area contributed by atoms with Crippen LogP contribution in [-0.4, -0.2) is 0 Å². The molecule has 0 bridgehead atoms. The molecule has 0 aliphatic carbocycles. The lowest BCUT2D eigenvalue weighted by atomic mass is 10.0. The molecule has 0 aliphatic rings. The van der Waals surface area contributed by atoms with Gasteiger partial charge in [-0.05, 0) is 42.2 Å². The van der Waals surface area contributed by atoms with Gasteiger partial charge >= 0.3 is 0 Å².